The molecule has 4 aromatic heterocycles. The van der Waals surface area contributed by atoms with Crippen molar-refractivity contribution in [1.29, 1.82) is 0 Å². The fourth-order valence-corrected chi connectivity index (χ4v) is 2.55. The van der Waals surface area contributed by atoms with Crippen molar-refractivity contribution in [3.05, 3.63) is 72.3 Å². The first-order valence-electron chi connectivity index (χ1n) is 7.76. The molecule has 8 nitrogen and oxygen atoms in total. The normalized spacial score (nSPS) is 10.7. The highest BCUT2D eigenvalue weighted by molar-refractivity contribution is 6.28. The number of benzene rings is 1. The highest BCUT2D eigenvalue weighted by Crippen LogP contribution is 2.10. The predicted molar refractivity (Wildman–Crippen MR) is 97.6 cm³/mol. The van der Waals surface area contributed by atoms with Crippen LogP contribution < -0.4 is 0 Å². The van der Waals surface area contributed by atoms with E-state index in [0.717, 1.165) is 23.0 Å². The van der Waals surface area contributed by atoms with E-state index in [-0.39, 0.29) is 5.28 Å². The zero-order valence-electron chi connectivity index (χ0n) is 13.5. The maximum absolute atomic E-state index is 5.51. The lowest BCUT2D eigenvalue weighted by Gasteiger charge is -2.02. The Morgan fingerprint density at radius 1 is 0.962 bits per heavy atom. The average Bonchev–Trinajstić information content (AvgIpc) is 3.30. The van der Waals surface area contributed by atoms with Crippen LogP contribution in [0.5, 0.6) is 0 Å². The van der Waals surface area contributed by atoms with E-state index >= 15 is 0 Å². The Morgan fingerprint density at radius 3 is 2.73 bits per heavy atom. The monoisotopic (exact) mass is 364 g/mol. The minimum Gasteiger partial charge on any atom is -0.261 e. The van der Waals surface area contributed by atoms with Gasteiger partial charge in [0.2, 0.25) is 5.28 Å². The van der Waals surface area contributed by atoms with E-state index in [1.165, 1.54) is 5.56 Å². The topological polar surface area (TPSA) is 98.1 Å². The molecule has 0 bridgehead atoms. The van der Waals surface area contributed by atoms with E-state index in [1.54, 1.807) is 31.1 Å². The van der Waals surface area contributed by atoms with Crippen LogP contribution in [-0.4, -0.2) is 39.9 Å². The molecule has 9 heteroatoms. The Labute approximate surface area is 152 Å². The molecule has 26 heavy (non-hydrogen) atoms. The summed E-state index contributed by atoms with van der Waals surface area (Å²) in [6.07, 6.45) is 8.38. The van der Waals surface area contributed by atoms with Gasteiger partial charge in [0, 0.05) is 12.4 Å². The molecule has 0 radical (unpaired) electrons. The van der Waals surface area contributed by atoms with Gasteiger partial charge in [-0.2, -0.15) is 15.2 Å². The first-order chi connectivity index (χ1) is 12.8. The third-order valence-corrected chi connectivity index (χ3v) is 3.82. The number of nitrogens with one attached hydrogen (secondary N) is 1. The molecule has 0 fully saturated rings. The summed E-state index contributed by atoms with van der Waals surface area (Å²) in [5, 5.41) is 12.8. The van der Waals surface area contributed by atoms with Crippen molar-refractivity contribution in [2.24, 2.45) is 0 Å². The van der Waals surface area contributed by atoms with Crippen molar-refractivity contribution in [1.82, 2.24) is 39.9 Å². The van der Waals surface area contributed by atoms with Crippen molar-refractivity contribution in [2.75, 3.05) is 0 Å². The minimum atomic E-state index is 0.233. The minimum absolute atomic E-state index is 0.233. The van der Waals surface area contributed by atoms with Crippen LogP contribution in [0.15, 0.2) is 61.4 Å². The van der Waals surface area contributed by atoms with E-state index in [0.29, 0.717) is 5.65 Å². The molecule has 5 aromatic rings. The van der Waals surface area contributed by atoms with Crippen molar-refractivity contribution < 1.29 is 0 Å². The van der Waals surface area contributed by atoms with Gasteiger partial charge in [0.05, 0.1) is 29.7 Å². The van der Waals surface area contributed by atoms with Gasteiger partial charge in [0.15, 0.2) is 11.3 Å². The fraction of sp³-hybridized carbons (Fsp3) is 0.0588. The Kier molecular flexibility index (Phi) is 4.48. The number of aromatic nitrogens is 8. The number of rotatable bonds is 2. The summed E-state index contributed by atoms with van der Waals surface area (Å²) in [6, 6.07) is 10.2. The SMILES string of the molecule is Clc1ncc2cn[nH]c2n1.c1ccc(Cn2ncc3cncnc32)cc1. The lowest BCUT2D eigenvalue weighted by molar-refractivity contribution is 0.703. The predicted octanol–water partition coefficient (Wildman–Crippen LogP) is 2.88. The summed E-state index contributed by atoms with van der Waals surface area (Å²) in [4.78, 5) is 15.8. The molecule has 1 N–H and O–H groups in total. The van der Waals surface area contributed by atoms with Gasteiger partial charge in [-0.3, -0.25) is 5.10 Å². The lowest BCUT2D eigenvalue weighted by Crippen LogP contribution is -2.02. The molecule has 0 amide bonds. The first-order valence-corrected chi connectivity index (χ1v) is 8.14. The van der Waals surface area contributed by atoms with Crippen LogP contribution in [0.2, 0.25) is 5.28 Å². The smallest absolute Gasteiger partial charge is 0.224 e. The second-order valence-corrected chi connectivity index (χ2v) is 5.74. The van der Waals surface area contributed by atoms with E-state index in [4.69, 9.17) is 11.6 Å². The summed E-state index contributed by atoms with van der Waals surface area (Å²) in [5.41, 5.74) is 2.75. The highest BCUT2D eigenvalue weighted by Gasteiger charge is 2.03. The van der Waals surface area contributed by atoms with E-state index in [1.807, 2.05) is 22.9 Å². The number of nitrogens with zero attached hydrogens (tertiary/aromatic N) is 7. The lowest BCUT2D eigenvalue weighted by atomic mass is 10.2. The average molecular weight is 365 g/mol. The molecule has 0 spiro atoms. The number of aromatic amines is 1. The van der Waals surface area contributed by atoms with Gasteiger partial charge in [-0.05, 0) is 17.2 Å². The fourth-order valence-electron chi connectivity index (χ4n) is 2.42. The van der Waals surface area contributed by atoms with Crippen molar-refractivity contribution in [2.45, 2.75) is 6.54 Å². The molecule has 0 saturated carbocycles. The molecule has 0 aliphatic carbocycles. The van der Waals surface area contributed by atoms with Crippen LogP contribution in [0.3, 0.4) is 0 Å². The molecule has 4 heterocycles. The van der Waals surface area contributed by atoms with Crippen LogP contribution in [0.25, 0.3) is 22.1 Å². The maximum atomic E-state index is 5.51. The van der Waals surface area contributed by atoms with Crippen LogP contribution in [-0.2, 0) is 6.54 Å². The molecule has 5 rings (SSSR count). The zero-order valence-corrected chi connectivity index (χ0v) is 14.2. The van der Waals surface area contributed by atoms with Crippen molar-refractivity contribution in [3.8, 4) is 0 Å². The third-order valence-electron chi connectivity index (χ3n) is 3.64. The Morgan fingerprint density at radius 2 is 1.85 bits per heavy atom. The van der Waals surface area contributed by atoms with Gasteiger partial charge in [0.1, 0.15) is 6.33 Å². The molecule has 0 aliphatic heterocycles. The molecule has 128 valence electrons. The van der Waals surface area contributed by atoms with Crippen LogP contribution >= 0.6 is 11.6 Å². The molecule has 0 aliphatic rings. The molecular weight excluding hydrogens is 352 g/mol. The van der Waals surface area contributed by atoms with E-state index < -0.39 is 0 Å². The molecular formula is C17H13ClN8. The summed E-state index contributed by atoms with van der Waals surface area (Å²) >= 11 is 5.51. The Balaban J connectivity index is 0.000000144. The number of fused-ring (bicyclic) bond motifs is 2. The quantitative estimate of drug-likeness (QED) is 0.483. The highest BCUT2D eigenvalue weighted by atomic mass is 35.5. The maximum Gasteiger partial charge on any atom is 0.224 e. The number of hydrogen-bond acceptors (Lipinski definition) is 6. The van der Waals surface area contributed by atoms with Crippen LogP contribution in [0.1, 0.15) is 5.56 Å². The van der Waals surface area contributed by atoms with Gasteiger partial charge in [-0.15, -0.1) is 0 Å². The summed E-state index contributed by atoms with van der Waals surface area (Å²) in [5.74, 6) is 0. The Hall–Kier alpha value is -3.39. The van der Waals surface area contributed by atoms with Crippen LogP contribution in [0, 0.1) is 0 Å². The van der Waals surface area contributed by atoms with Crippen molar-refractivity contribution >= 4 is 33.7 Å². The van der Waals surface area contributed by atoms with Crippen LogP contribution in [0.4, 0.5) is 0 Å². The van der Waals surface area contributed by atoms with E-state index in [2.05, 4.69) is 47.4 Å². The zero-order chi connectivity index (χ0) is 17.8. The molecule has 0 atom stereocenters. The number of H-pyrrole nitrogens is 1. The largest absolute Gasteiger partial charge is 0.261 e. The number of halogens is 1. The summed E-state index contributed by atoms with van der Waals surface area (Å²) < 4.78 is 1.88. The van der Waals surface area contributed by atoms with Crippen molar-refractivity contribution in [3.63, 3.8) is 0 Å². The molecule has 0 unspecified atom stereocenters. The summed E-state index contributed by atoms with van der Waals surface area (Å²) in [6.45, 7) is 0.737. The summed E-state index contributed by atoms with van der Waals surface area (Å²) in [7, 11) is 0. The van der Waals surface area contributed by atoms with Gasteiger partial charge < -0.3 is 0 Å². The second-order valence-electron chi connectivity index (χ2n) is 5.40. The molecule has 1 aromatic carbocycles. The molecule has 0 saturated heterocycles. The second kappa shape index (κ2) is 7.24. The van der Waals surface area contributed by atoms with E-state index in [9.17, 15) is 0 Å². The van der Waals surface area contributed by atoms with Gasteiger partial charge in [-0.1, -0.05) is 30.3 Å². The number of hydrogen-bond donors (Lipinski definition) is 1. The standard InChI is InChI=1S/C12H10N4.C5H3ClN4/c1-2-4-10(5-3-1)8-16-12-11(7-15-16)6-13-9-14-12;6-5-7-1-3-2-8-10-4(3)9-5/h1-7,9H,8H2;1-2H,(H,7,8,9,10). The van der Waals surface area contributed by atoms with Gasteiger partial charge in [0.25, 0.3) is 0 Å². The Bertz CT molecular complexity index is 1140. The first kappa shape index (κ1) is 16.1. The third kappa shape index (κ3) is 3.50. The van der Waals surface area contributed by atoms with Gasteiger partial charge in [-0.25, -0.2) is 19.6 Å². The van der Waals surface area contributed by atoms with Gasteiger partial charge >= 0.3 is 0 Å².